The fourth-order valence-electron chi connectivity index (χ4n) is 2.31. The number of aromatic nitrogens is 1. The number of hydrogen-bond donors (Lipinski definition) is 1. The van der Waals surface area contributed by atoms with Crippen LogP contribution in [0.25, 0.3) is 0 Å². The third-order valence-corrected chi connectivity index (χ3v) is 3.59. The van der Waals surface area contributed by atoms with Crippen molar-refractivity contribution in [1.82, 2.24) is 10.1 Å². The Morgan fingerprint density at radius 1 is 1.56 bits per heavy atom. The lowest BCUT2D eigenvalue weighted by molar-refractivity contribution is 0.0774. The first-order valence-electron chi connectivity index (χ1n) is 5.89. The van der Waals surface area contributed by atoms with Crippen molar-refractivity contribution < 1.29 is 9.32 Å². The van der Waals surface area contributed by atoms with Gasteiger partial charge in [-0.1, -0.05) is 12.1 Å². The van der Waals surface area contributed by atoms with Crippen LogP contribution in [0.5, 0.6) is 0 Å². The Bertz CT molecular complexity index is 427. The molecule has 0 spiro atoms. The largest absolute Gasteiger partial charge is 0.361 e. The van der Waals surface area contributed by atoms with Gasteiger partial charge >= 0.3 is 0 Å². The van der Waals surface area contributed by atoms with Crippen LogP contribution in [0, 0.1) is 19.3 Å². The quantitative estimate of drug-likeness (QED) is 0.887. The number of nitrogens with zero attached hydrogens (tertiary/aromatic N) is 2. The average Bonchev–Trinajstić information content (AvgIpc) is 2.84. The van der Waals surface area contributed by atoms with Gasteiger partial charge in [-0.25, -0.2) is 0 Å². The molecule has 1 saturated heterocycles. The molecule has 1 aliphatic rings. The summed E-state index contributed by atoms with van der Waals surface area (Å²) in [5.41, 5.74) is 7.05. The first-order chi connectivity index (χ1) is 7.97. The Kier molecular flexibility index (Phi) is 4.40. The Labute approximate surface area is 113 Å². The molecule has 1 aromatic heterocycles. The second-order valence-electron chi connectivity index (χ2n) is 5.19. The highest BCUT2D eigenvalue weighted by Crippen LogP contribution is 2.30. The molecule has 18 heavy (non-hydrogen) atoms. The third-order valence-electron chi connectivity index (χ3n) is 3.59. The van der Waals surface area contributed by atoms with Gasteiger partial charge in [0.05, 0.1) is 5.69 Å². The number of aryl methyl sites for hydroxylation is 2. The topological polar surface area (TPSA) is 72.4 Å². The Balaban J connectivity index is 0.00000162. The number of halogens is 1. The standard InChI is InChI=1S/C12H19N3O2.ClH/c1-8-10(9(2)17-14-8)11(16)15-5-4-12(3,6-13)7-15;/h4-7,13H2,1-3H3;1H. The van der Waals surface area contributed by atoms with Crippen LogP contribution in [-0.4, -0.2) is 35.6 Å². The van der Waals surface area contributed by atoms with Crippen LogP contribution in [0.15, 0.2) is 4.52 Å². The minimum absolute atomic E-state index is 0. The molecule has 0 aromatic carbocycles. The highest BCUT2D eigenvalue weighted by Gasteiger charge is 2.36. The lowest BCUT2D eigenvalue weighted by Crippen LogP contribution is -2.34. The molecule has 5 nitrogen and oxygen atoms in total. The fraction of sp³-hybridized carbons (Fsp3) is 0.667. The van der Waals surface area contributed by atoms with Crippen molar-refractivity contribution in [2.75, 3.05) is 19.6 Å². The van der Waals surface area contributed by atoms with Gasteiger partial charge < -0.3 is 15.2 Å². The van der Waals surface area contributed by atoms with Crippen LogP contribution in [-0.2, 0) is 0 Å². The molecule has 1 aromatic rings. The number of carbonyl (C=O) groups excluding carboxylic acids is 1. The van der Waals surface area contributed by atoms with Crippen molar-refractivity contribution in [2.24, 2.45) is 11.1 Å². The van der Waals surface area contributed by atoms with E-state index in [1.165, 1.54) is 0 Å². The van der Waals surface area contributed by atoms with Crippen LogP contribution in [0.2, 0.25) is 0 Å². The molecular formula is C12H20ClN3O2. The molecule has 102 valence electrons. The fourth-order valence-corrected chi connectivity index (χ4v) is 2.31. The van der Waals surface area contributed by atoms with E-state index in [0.29, 0.717) is 30.1 Å². The van der Waals surface area contributed by atoms with Gasteiger partial charge in [0, 0.05) is 13.1 Å². The molecule has 6 heteroatoms. The van der Waals surface area contributed by atoms with Gasteiger partial charge in [-0.2, -0.15) is 0 Å². The lowest BCUT2D eigenvalue weighted by Gasteiger charge is -2.22. The van der Waals surface area contributed by atoms with Crippen molar-refractivity contribution >= 4 is 18.3 Å². The van der Waals surface area contributed by atoms with Gasteiger partial charge in [-0.3, -0.25) is 4.79 Å². The molecule has 0 aliphatic carbocycles. The van der Waals surface area contributed by atoms with Gasteiger partial charge in [-0.05, 0) is 32.2 Å². The van der Waals surface area contributed by atoms with Gasteiger partial charge in [0.15, 0.2) is 0 Å². The summed E-state index contributed by atoms with van der Waals surface area (Å²) >= 11 is 0. The van der Waals surface area contributed by atoms with Crippen LogP contribution < -0.4 is 5.73 Å². The van der Waals surface area contributed by atoms with Gasteiger partial charge in [-0.15, -0.1) is 12.4 Å². The normalized spacial score (nSPS) is 23.0. The van der Waals surface area contributed by atoms with Gasteiger partial charge in [0.25, 0.3) is 5.91 Å². The second kappa shape index (κ2) is 5.28. The molecule has 0 bridgehead atoms. The van der Waals surface area contributed by atoms with E-state index in [2.05, 4.69) is 12.1 Å². The molecule has 1 fully saturated rings. The Morgan fingerprint density at radius 3 is 2.67 bits per heavy atom. The number of amides is 1. The number of carbonyl (C=O) groups is 1. The second-order valence-corrected chi connectivity index (χ2v) is 5.19. The first kappa shape index (κ1) is 15.0. The zero-order valence-corrected chi connectivity index (χ0v) is 11.8. The maximum Gasteiger partial charge on any atom is 0.259 e. The van der Waals surface area contributed by atoms with Crippen molar-refractivity contribution in [3.05, 3.63) is 17.0 Å². The van der Waals surface area contributed by atoms with E-state index in [9.17, 15) is 4.79 Å². The summed E-state index contributed by atoms with van der Waals surface area (Å²) in [5.74, 6) is 0.604. The molecule has 0 radical (unpaired) electrons. The summed E-state index contributed by atoms with van der Waals surface area (Å²) in [6.07, 6.45) is 0.957. The van der Waals surface area contributed by atoms with Crippen LogP contribution >= 0.6 is 12.4 Å². The molecule has 1 amide bonds. The molecule has 2 heterocycles. The van der Waals surface area contributed by atoms with Crippen molar-refractivity contribution in [3.8, 4) is 0 Å². The van der Waals surface area contributed by atoms with E-state index in [-0.39, 0.29) is 23.7 Å². The molecule has 1 aliphatic heterocycles. The van der Waals surface area contributed by atoms with E-state index in [0.717, 1.165) is 13.0 Å². The number of likely N-dealkylation sites (tertiary alicyclic amines) is 1. The maximum atomic E-state index is 12.3. The van der Waals surface area contributed by atoms with Crippen molar-refractivity contribution in [3.63, 3.8) is 0 Å². The molecular weight excluding hydrogens is 254 g/mol. The van der Waals surface area contributed by atoms with Crippen LogP contribution in [0.1, 0.15) is 35.2 Å². The summed E-state index contributed by atoms with van der Waals surface area (Å²) in [6, 6.07) is 0. The van der Waals surface area contributed by atoms with E-state index in [1.54, 1.807) is 13.8 Å². The minimum Gasteiger partial charge on any atom is -0.361 e. The zero-order chi connectivity index (χ0) is 12.6. The van der Waals surface area contributed by atoms with E-state index >= 15 is 0 Å². The highest BCUT2D eigenvalue weighted by molar-refractivity contribution is 5.96. The number of nitrogens with two attached hydrogens (primary N) is 1. The average molecular weight is 274 g/mol. The van der Waals surface area contributed by atoms with Crippen molar-refractivity contribution in [2.45, 2.75) is 27.2 Å². The molecule has 2 rings (SSSR count). The predicted octanol–water partition coefficient (Wildman–Crippen LogP) is 1.52. The molecule has 1 unspecified atom stereocenters. The Hall–Kier alpha value is -1.07. The van der Waals surface area contributed by atoms with E-state index in [4.69, 9.17) is 10.3 Å². The smallest absolute Gasteiger partial charge is 0.259 e. The third kappa shape index (κ3) is 2.52. The minimum atomic E-state index is 0. The van der Waals surface area contributed by atoms with Crippen molar-refractivity contribution in [1.29, 1.82) is 0 Å². The maximum absolute atomic E-state index is 12.3. The first-order valence-corrected chi connectivity index (χ1v) is 5.89. The van der Waals surface area contributed by atoms with Crippen LogP contribution in [0.4, 0.5) is 0 Å². The number of hydrogen-bond acceptors (Lipinski definition) is 4. The lowest BCUT2D eigenvalue weighted by atomic mass is 9.90. The summed E-state index contributed by atoms with van der Waals surface area (Å²) in [5, 5.41) is 3.82. The summed E-state index contributed by atoms with van der Waals surface area (Å²) in [7, 11) is 0. The summed E-state index contributed by atoms with van der Waals surface area (Å²) in [4.78, 5) is 14.2. The predicted molar refractivity (Wildman–Crippen MR) is 70.9 cm³/mol. The molecule has 2 N–H and O–H groups in total. The summed E-state index contributed by atoms with van der Waals surface area (Å²) < 4.78 is 5.03. The molecule has 0 saturated carbocycles. The van der Waals surface area contributed by atoms with Crippen LogP contribution in [0.3, 0.4) is 0 Å². The molecule has 1 atom stereocenters. The monoisotopic (exact) mass is 273 g/mol. The van der Waals surface area contributed by atoms with Gasteiger partial charge in [0.2, 0.25) is 0 Å². The zero-order valence-electron chi connectivity index (χ0n) is 11.0. The highest BCUT2D eigenvalue weighted by atomic mass is 35.5. The SMILES string of the molecule is Cc1noc(C)c1C(=O)N1CCC(C)(CN)C1.Cl. The van der Waals surface area contributed by atoms with E-state index in [1.807, 2.05) is 4.90 Å². The van der Waals surface area contributed by atoms with E-state index < -0.39 is 0 Å². The van der Waals surface area contributed by atoms with Gasteiger partial charge in [0.1, 0.15) is 11.3 Å². The Morgan fingerprint density at radius 2 is 2.22 bits per heavy atom. The summed E-state index contributed by atoms with van der Waals surface area (Å²) in [6.45, 7) is 7.77. The number of rotatable bonds is 2.